The van der Waals surface area contributed by atoms with Crippen LogP contribution in [0.25, 0.3) is 33.3 Å². The fourth-order valence-electron chi connectivity index (χ4n) is 4.00. The molecule has 2 aromatic heterocycles. The first-order valence-corrected chi connectivity index (χ1v) is 12.9. The molecule has 0 atom stereocenters. The number of rotatable bonds is 5. The normalized spacial score (nSPS) is 10.9. The van der Waals surface area contributed by atoms with E-state index in [9.17, 15) is 9.59 Å². The highest BCUT2D eigenvalue weighted by molar-refractivity contribution is 9.10. The minimum atomic E-state index is -0.510. The van der Waals surface area contributed by atoms with E-state index < -0.39 is 5.97 Å². The van der Waals surface area contributed by atoms with Crippen molar-refractivity contribution in [3.8, 4) is 22.4 Å². The Hall–Kier alpha value is -3.81. The number of hydrogen-bond donors (Lipinski definition) is 1. The van der Waals surface area contributed by atoms with Gasteiger partial charge in [0.1, 0.15) is 10.6 Å². The van der Waals surface area contributed by atoms with Gasteiger partial charge in [0.2, 0.25) is 0 Å². The molecule has 5 nitrogen and oxygen atoms in total. The first kappa shape index (κ1) is 23.9. The smallest absolute Gasteiger partial charge is 0.341 e. The number of halogens is 1. The van der Waals surface area contributed by atoms with Crippen LogP contribution in [0, 0.1) is 6.92 Å². The van der Waals surface area contributed by atoms with E-state index in [1.165, 1.54) is 18.4 Å². The van der Waals surface area contributed by atoms with Gasteiger partial charge in [-0.15, -0.1) is 11.3 Å². The number of hydrogen-bond acceptors (Lipinski definition) is 5. The molecule has 0 aliphatic heterocycles. The second-order valence-electron chi connectivity index (χ2n) is 8.24. The van der Waals surface area contributed by atoms with Crippen molar-refractivity contribution in [1.82, 2.24) is 4.98 Å². The summed E-state index contributed by atoms with van der Waals surface area (Å²) in [5, 5.41) is 5.98. The third-order valence-electron chi connectivity index (χ3n) is 5.87. The Morgan fingerprint density at radius 3 is 2.36 bits per heavy atom. The van der Waals surface area contributed by atoms with E-state index in [4.69, 9.17) is 9.72 Å². The van der Waals surface area contributed by atoms with Crippen LogP contribution in [0.15, 0.2) is 88.7 Å². The Bertz CT molecular complexity index is 1590. The average Bonchev–Trinajstić information content (AvgIpc) is 3.31. The highest BCUT2D eigenvalue weighted by atomic mass is 79.9. The summed E-state index contributed by atoms with van der Waals surface area (Å²) >= 11 is 4.73. The number of anilines is 1. The summed E-state index contributed by atoms with van der Waals surface area (Å²) in [4.78, 5) is 31.2. The summed E-state index contributed by atoms with van der Waals surface area (Å²) in [6.45, 7) is 2.03. The molecule has 0 saturated heterocycles. The van der Waals surface area contributed by atoms with Crippen LogP contribution in [0.1, 0.15) is 26.3 Å². The third kappa shape index (κ3) is 4.67. The van der Waals surface area contributed by atoms with Crippen LogP contribution in [-0.2, 0) is 4.74 Å². The van der Waals surface area contributed by atoms with Gasteiger partial charge >= 0.3 is 5.97 Å². The molecule has 1 amide bonds. The molecule has 36 heavy (non-hydrogen) atoms. The van der Waals surface area contributed by atoms with E-state index in [2.05, 4.69) is 21.2 Å². The number of carbonyl (C=O) groups is 2. The topological polar surface area (TPSA) is 68.3 Å². The van der Waals surface area contributed by atoms with Gasteiger partial charge in [0.25, 0.3) is 5.91 Å². The predicted molar refractivity (Wildman–Crippen MR) is 149 cm³/mol. The molecule has 5 rings (SSSR count). The van der Waals surface area contributed by atoms with E-state index in [0.717, 1.165) is 32.1 Å². The number of thiophene rings is 1. The second-order valence-corrected chi connectivity index (χ2v) is 10.0. The van der Waals surface area contributed by atoms with Crippen LogP contribution < -0.4 is 5.32 Å². The maximum Gasteiger partial charge on any atom is 0.341 e. The molecule has 2 heterocycles. The van der Waals surface area contributed by atoms with E-state index in [-0.39, 0.29) is 5.91 Å². The Balaban J connectivity index is 1.57. The summed E-state index contributed by atoms with van der Waals surface area (Å²) in [7, 11) is 1.33. The van der Waals surface area contributed by atoms with Gasteiger partial charge < -0.3 is 10.1 Å². The van der Waals surface area contributed by atoms with E-state index in [0.29, 0.717) is 27.4 Å². The van der Waals surface area contributed by atoms with Crippen LogP contribution in [-0.4, -0.2) is 24.0 Å². The fraction of sp³-hybridized carbons (Fsp3) is 0.0690. The molecule has 0 unspecified atom stereocenters. The highest BCUT2D eigenvalue weighted by Gasteiger charge is 2.24. The minimum Gasteiger partial charge on any atom is -0.465 e. The SMILES string of the molecule is COC(=O)c1c(-c2ccc(Br)cc2)csc1NC(=O)c1cc(-c2ccc(C)cc2)nc2ccccc12. The van der Waals surface area contributed by atoms with Crippen molar-refractivity contribution in [1.29, 1.82) is 0 Å². The van der Waals surface area contributed by atoms with Gasteiger partial charge in [-0.25, -0.2) is 9.78 Å². The standard InChI is InChI=1S/C29H21BrN2O3S/c1-17-7-9-19(10-8-17)25-15-22(21-5-3-4-6-24(21)31-25)27(33)32-28-26(29(34)35-2)23(16-36-28)18-11-13-20(30)14-12-18/h3-16H,1-2H3,(H,32,33). The molecule has 0 bridgehead atoms. The molecular formula is C29H21BrN2O3S. The number of nitrogens with zero attached hydrogens (tertiary/aromatic N) is 1. The Kier molecular flexibility index (Phi) is 6.67. The number of amides is 1. The number of aryl methyl sites for hydroxylation is 1. The van der Waals surface area contributed by atoms with E-state index in [1.807, 2.05) is 85.1 Å². The Morgan fingerprint density at radius 1 is 0.944 bits per heavy atom. The van der Waals surface area contributed by atoms with E-state index in [1.54, 1.807) is 6.07 Å². The first-order chi connectivity index (χ1) is 17.4. The van der Waals surface area contributed by atoms with Gasteiger partial charge in [0.15, 0.2) is 0 Å². The number of carbonyl (C=O) groups excluding carboxylic acids is 2. The first-order valence-electron chi connectivity index (χ1n) is 11.2. The lowest BCUT2D eigenvalue weighted by molar-refractivity contribution is 0.0603. The molecular weight excluding hydrogens is 536 g/mol. The number of aromatic nitrogens is 1. The molecule has 0 aliphatic carbocycles. The van der Waals surface area contributed by atoms with Gasteiger partial charge in [-0.2, -0.15) is 0 Å². The number of para-hydroxylation sites is 1. The number of ether oxygens (including phenoxy) is 1. The van der Waals surface area contributed by atoms with Crippen molar-refractivity contribution in [3.05, 3.63) is 105 Å². The monoisotopic (exact) mass is 556 g/mol. The zero-order valence-corrected chi connectivity index (χ0v) is 21.9. The van der Waals surface area contributed by atoms with Crippen molar-refractivity contribution in [3.63, 3.8) is 0 Å². The van der Waals surface area contributed by atoms with Crippen molar-refractivity contribution >= 4 is 55.0 Å². The molecule has 7 heteroatoms. The number of pyridine rings is 1. The van der Waals surface area contributed by atoms with Crippen LogP contribution in [0.4, 0.5) is 5.00 Å². The zero-order chi connectivity index (χ0) is 25.2. The van der Waals surface area contributed by atoms with Crippen LogP contribution in [0.3, 0.4) is 0 Å². The second kappa shape index (κ2) is 10.0. The number of benzene rings is 3. The average molecular weight is 557 g/mol. The summed E-state index contributed by atoms with van der Waals surface area (Å²) < 4.78 is 6.00. The van der Waals surface area contributed by atoms with Crippen LogP contribution >= 0.6 is 27.3 Å². The van der Waals surface area contributed by atoms with Crippen LogP contribution in [0.2, 0.25) is 0 Å². The molecule has 5 aromatic rings. The number of fused-ring (bicyclic) bond motifs is 1. The Morgan fingerprint density at radius 2 is 1.64 bits per heavy atom. The number of esters is 1. The molecule has 1 N–H and O–H groups in total. The third-order valence-corrected chi connectivity index (χ3v) is 7.30. The summed E-state index contributed by atoms with van der Waals surface area (Å²) in [5.74, 6) is -0.833. The van der Waals surface area contributed by atoms with Crippen LogP contribution in [0.5, 0.6) is 0 Å². The van der Waals surface area contributed by atoms with Gasteiger partial charge in [-0.1, -0.05) is 76.1 Å². The lowest BCUT2D eigenvalue weighted by Crippen LogP contribution is -2.15. The molecule has 3 aromatic carbocycles. The summed E-state index contributed by atoms with van der Waals surface area (Å²) in [6.07, 6.45) is 0. The molecule has 0 fully saturated rings. The van der Waals surface area contributed by atoms with E-state index >= 15 is 0 Å². The number of methoxy groups -OCH3 is 1. The van der Waals surface area contributed by atoms with Crippen molar-refractivity contribution in [2.45, 2.75) is 6.92 Å². The summed E-state index contributed by atoms with van der Waals surface area (Å²) in [6, 6.07) is 25.0. The molecule has 0 saturated carbocycles. The maximum absolute atomic E-state index is 13.6. The molecule has 0 aliphatic rings. The summed E-state index contributed by atoms with van der Waals surface area (Å²) in [5.41, 5.74) is 5.85. The maximum atomic E-state index is 13.6. The van der Waals surface area contributed by atoms with Gasteiger partial charge in [0.05, 0.1) is 23.9 Å². The van der Waals surface area contributed by atoms with Gasteiger partial charge in [-0.3, -0.25) is 4.79 Å². The highest BCUT2D eigenvalue weighted by Crippen LogP contribution is 2.37. The molecule has 178 valence electrons. The lowest BCUT2D eigenvalue weighted by Gasteiger charge is -2.11. The van der Waals surface area contributed by atoms with Crippen molar-refractivity contribution < 1.29 is 14.3 Å². The van der Waals surface area contributed by atoms with Crippen molar-refractivity contribution in [2.24, 2.45) is 0 Å². The van der Waals surface area contributed by atoms with Crippen molar-refractivity contribution in [2.75, 3.05) is 12.4 Å². The fourth-order valence-corrected chi connectivity index (χ4v) is 5.22. The molecule has 0 radical (unpaired) electrons. The zero-order valence-electron chi connectivity index (χ0n) is 19.5. The quantitative estimate of drug-likeness (QED) is 0.225. The molecule has 0 spiro atoms. The largest absolute Gasteiger partial charge is 0.465 e. The lowest BCUT2D eigenvalue weighted by atomic mass is 10.0. The predicted octanol–water partition coefficient (Wildman–Crippen LogP) is 7.74. The number of nitrogens with one attached hydrogen (secondary N) is 1. The minimum absolute atomic E-state index is 0.323. The van der Waals surface area contributed by atoms with Gasteiger partial charge in [0, 0.05) is 26.4 Å². The van der Waals surface area contributed by atoms with Gasteiger partial charge in [-0.05, 0) is 36.8 Å². The Labute approximate surface area is 220 Å².